The van der Waals surface area contributed by atoms with Gasteiger partial charge in [0.25, 0.3) is 0 Å². The fraction of sp³-hybridized carbons (Fsp3) is 0. The van der Waals surface area contributed by atoms with Crippen LogP contribution < -0.4 is 0 Å². The number of hydrogen-bond acceptors (Lipinski definition) is 4. The summed E-state index contributed by atoms with van der Waals surface area (Å²) in [5.41, 5.74) is 12.8. The van der Waals surface area contributed by atoms with E-state index in [9.17, 15) is 0 Å². The fourth-order valence-corrected chi connectivity index (χ4v) is 10.3. The lowest BCUT2D eigenvalue weighted by Gasteiger charge is -2.16. The smallest absolute Gasteiger partial charge is 0.166 e. The maximum atomic E-state index is 6.98. The highest BCUT2D eigenvalue weighted by molar-refractivity contribution is 6.17. The molecule has 10 aromatic carbocycles. The minimum Gasteiger partial charge on any atom is -0.454 e. The SMILES string of the molecule is c1ccc(-c2cccc(-c3nc(-c4ccc5c(c4)c4ccccc4n5-c4ccccc4)nc(-c4ccc5c(oc6ccccc65)c4-n4c5ccccc5c5cc6ccccc6cc54)n3)c2)cc1. The Balaban J connectivity index is 1.07. The van der Waals surface area contributed by atoms with Gasteiger partial charge in [0.15, 0.2) is 23.1 Å². The summed E-state index contributed by atoms with van der Waals surface area (Å²) < 4.78 is 11.7. The maximum Gasteiger partial charge on any atom is 0.166 e. The van der Waals surface area contributed by atoms with Gasteiger partial charge in [0, 0.05) is 54.7 Å². The van der Waals surface area contributed by atoms with E-state index in [0.29, 0.717) is 17.5 Å². The highest BCUT2D eigenvalue weighted by Gasteiger charge is 2.25. The van der Waals surface area contributed by atoms with Crippen molar-refractivity contribution in [3.8, 4) is 56.7 Å². The molecule has 14 rings (SSSR count). The molecule has 0 N–H and O–H groups in total. The van der Waals surface area contributed by atoms with E-state index in [1.54, 1.807) is 0 Å². The first-order chi connectivity index (χ1) is 33.2. The van der Waals surface area contributed by atoms with E-state index in [1.807, 2.05) is 18.2 Å². The van der Waals surface area contributed by atoms with Crippen LogP contribution in [0.1, 0.15) is 0 Å². The van der Waals surface area contributed by atoms with E-state index < -0.39 is 0 Å². The van der Waals surface area contributed by atoms with Crippen molar-refractivity contribution in [3.05, 3.63) is 224 Å². The number of aromatic nitrogens is 5. The molecule has 0 fully saturated rings. The van der Waals surface area contributed by atoms with E-state index in [2.05, 4.69) is 215 Å². The number of para-hydroxylation sites is 4. The van der Waals surface area contributed by atoms with Crippen molar-refractivity contribution >= 4 is 76.3 Å². The second-order valence-corrected chi connectivity index (χ2v) is 17.2. The first-order valence-corrected chi connectivity index (χ1v) is 22.6. The molecule has 0 aliphatic rings. The first-order valence-electron chi connectivity index (χ1n) is 22.6. The molecule has 0 aliphatic heterocycles. The third-order valence-electron chi connectivity index (χ3n) is 13.3. The van der Waals surface area contributed by atoms with Gasteiger partial charge in [-0.3, -0.25) is 0 Å². The minimum absolute atomic E-state index is 0.543. The van der Waals surface area contributed by atoms with Crippen molar-refractivity contribution in [1.82, 2.24) is 24.1 Å². The van der Waals surface area contributed by atoms with Crippen LogP contribution in [-0.2, 0) is 0 Å². The Morgan fingerprint density at radius 2 is 0.881 bits per heavy atom. The molecule has 0 aliphatic carbocycles. The summed E-state index contributed by atoms with van der Waals surface area (Å²) in [6.45, 7) is 0. The van der Waals surface area contributed by atoms with Crippen LogP contribution in [0.15, 0.2) is 229 Å². The summed E-state index contributed by atoms with van der Waals surface area (Å²) in [5, 5.41) is 9.00. The molecule has 14 aromatic rings. The molecule has 6 heteroatoms. The van der Waals surface area contributed by atoms with Gasteiger partial charge < -0.3 is 13.6 Å². The van der Waals surface area contributed by atoms with Gasteiger partial charge in [-0.2, -0.15) is 0 Å². The van der Waals surface area contributed by atoms with E-state index in [1.165, 1.54) is 5.39 Å². The molecule has 4 aromatic heterocycles. The summed E-state index contributed by atoms with van der Waals surface area (Å²) in [7, 11) is 0. The quantitative estimate of drug-likeness (QED) is 0.167. The summed E-state index contributed by atoms with van der Waals surface area (Å²) >= 11 is 0. The van der Waals surface area contributed by atoms with Gasteiger partial charge in [0.2, 0.25) is 0 Å². The molecule has 0 radical (unpaired) electrons. The summed E-state index contributed by atoms with van der Waals surface area (Å²) in [4.78, 5) is 16.3. The third kappa shape index (κ3) is 5.86. The number of fused-ring (bicyclic) bond motifs is 10. The van der Waals surface area contributed by atoms with Gasteiger partial charge >= 0.3 is 0 Å². The summed E-state index contributed by atoms with van der Waals surface area (Å²) in [5.74, 6) is 1.70. The molecule has 6 nitrogen and oxygen atoms in total. The van der Waals surface area contributed by atoms with E-state index in [4.69, 9.17) is 19.4 Å². The lowest BCUT2D eigenvalue weighted by Crippen LogP contribution is -2.04. The molecule has 67 heavy (non-hydrogen) atoms. The zero-order valence-electron chi connectivity index (χ0n) is 36.0. The number of hydrogen-bond donors (Lipinski definition) is 0. The monoisotopic (exact) mass is 855 g/mol. The number of rotatable bonds is 6. The van der Waals surface area contributed by atoms with Crippen LogP contribution in [-0.4, -0.2) is 24.1 Å². The first kappa shape index (κ1) is 37.3. The van der Waals surface area contributed by atoms with Gasteiger partial charge in [-0.25, -0.2) is 15.0 Å². The van der Waals surface area contributed by atoms with Crippen molar-refractivity contribution in [2.24, 2.45) is 0 Å². The van der Waals surface area contributed by atoms with Gasteiger partial charge in [-0.1, -0.05) is 146 Å². The van der Waals surface area contributed by atoms with E-state index >= 15 is 0 Å². The number of benzene rings is 10. The van der Waals surface area contributed by atoms with E-state index in [-0.39, 0.29) is 0 Å². The lowest BCUT2D eigenvalue weighted by atomic mass is 10.0. The molecule has 0 saturated carbocycles. The highest BCUT2D eigenvalue weighted by Crippen LogP contribution is 2.44. The zero-order chi connectivity index (χ0) is 44.0. The Morgan fingerprint density at radius 1 is 0.313 bits per heavy atom. The maximum absolute atomic E-state index is 6.98. The van der Waals surface area contributed by atoms with Crippen LogP contribution >= 0.6 is 0 Å². The van der Waals surface area contributed by atoms with Gasteiger partial charge in [-0.05, 0) is 101 Å². The molecule has 0 bridgehead atoms. The fourth-order valence-electron chi connectivity index (χ4n) is 10.3. The molecular weight excluding hydrogens is 819 g/mol. The van der Waals surface area contributed by atoms with E-state index in [0.717, 1.165) is 110 Å². The van der Waals surface area contributed by atoms with Crippen LogP contribution in [0.3, 0.4) is 0 Å². The van der Waals surface area contributed by atoms with Crippen LogP contribution in [0.4, 0.5) is 0 Å². The Hall–Kier alpha value is -9.13. The van der Waals surface area contributed by atoms with Crippen molar-refractivity contribution in [2.45, 2.75) is 0 Å². The minimum atomic E-state index is 0.543. The lowest BCUT2D eigenvalue weighted by molar-refractivity contribution is 0.666. The zero-order valence-corrected chi connectivity index (χ0v) is 36.0. The molecule has 0 spiro atoms. The standard InChI is InChI=1S/C61H37N5O/c1-3-16-38(17-4-1)39-20-15-21-42(34-39)59-62-60(43-30-33-54-50(36-43)45-24-9-12-27-52(45)65(54)44-22-5-2-6-23-44)64-61(63-59)49-32-31-48-47-26-11-14-29-56(47)67-58(48)57(49)66-53-28-13-10-25-46(53)51-35-40-18-7-8-19-41(40)37-55(51)66/h1-37H. The number of nitrogens with zero attached hydrogens (tertiary/aromatic N) is 5. The Labute approximate surface area is 384 Å². The Bertz CT molecular complexity index is 4280. The molecule has 0 amide bonds. The summed E-state index contributed by atoms with van der Waals surface area (Å²) in [6, 6.07) is 79.1. The largest absolute Gasteiger partial charge is 0.454 e. The molecule has 0 saturated heterocycles. The van der Waals surface area contributed by atoms with Crippen molar-refractivity contribution in [1.29, 1.82) is 0 Å². The third-order valence-corrected chi connectivity index (χ3v) is 13.3. The second kappa shape index (κ2) is 14.7. The van der Waals surface area contributed by atoms with Crippen molar-refractivity contribution in [3.63, 3.8) is 0 Å². The number of furan rings is 1. The van der Waals surface area contributed by atoms with Crippen LogP contribution in [0.2, 0.25) is 0 Å². The van der Waals surface area contributed by atoms with Crippen molar-refractivity contribution in [2.75, 3.05) is 0 Å². The second-order valence-electron chi connectivity index (χ2n) is 17.2. The average molecular weight is 856 g/mol. The average Bonchev–Trinajstić information content (AvgIpc) is 4.05. The molecule has 0 atom stereocenters. The highest BCUT2D eigenvalue weighted by atomic mass is 16.3. The predicted molar refractivity (Wildman–Crippen MR) is 275 cm³/mol. The van der Waals surface area contributed by atoms with Gasteiger partial charge in [0.1, 0.15) is 11.3 Å². The molecule has 0 unspecified atom stereocenters. The topological polar surface area (TPSA) is 61.7 Å². The molecule has 312 valence electrons. The van der Waals surface area contributed by atoms with Gasteiger partial charge in [-0.15, -0.1) is 0 Å². The van der Waals surface area contributed by atoms with Crippen LogP contribution in [0.5, 0.6) is 0 Å². The summed E-state index contributed by atoms with van der Waals surface area (Å²) in [6.07, 6.45) is 0. The van der Waals surface area contributed by atoms with Crippen molar-refractivity contribution < 1.29 is 4.42 Å². The normalized spacial score (nSPS) is 11.9. The molecular formula is C61H37N5O. The predicted octanol–water partition coefficient (Wildman–Crippen LogP) is 15.8. The van der Waals surface area contributed by atoms with Gasteiger partial charge in [0.05, 0.1) is 22.1 Å². The Kier molecular flexibility index (Phi) is 8.18. The van der Waals surface area contributed by atoms with Crippen LogP contribution in [0.25, 0.3) is 133 Å². The van der Waals surface area contributed by atoms with Crippen LogP contribution in [0, 0.1) is 0 Å². The molecule has 4 heterocycles. The Morgan fingerprint density at radius 3 is 1.66 bits per heavy atom.